The molecule has 5 nitrogen and oxygen atoms in total. The van der Waals surface area contributed by atoms with E-state index in [0.717, 1.165) is 5.56 Å². The molecule has 1 aromatic carbocycles. The fourth-order valence-electron chi connectivity index (χ4n) is 1.74. The van der Waals surface area contributed by atoms with Crippen LogP contribution in [0.5, 0.6) is 0 Å². The molecule has 0 saturated carbocycles. The highest BCUT2D eigenvalue weighted by atomic mass is 16.4. The van der Waals surface area contributed by atoms with Gasteiger partial charge >= 0.3 is 5.97 Å². The van der Waals surface area contributed by atoms with Gasteiger partial charge < -0.3 is 10.4 Å². The topological polar surface area (TPSA) is 90.2 Å². The molecule has 0 fully saturated rings. The Morgan fingerprint density at radius 3 is 2.76 bits per heavy atom. The van der Waals surface area contributed by atoms with Crippen molar-refractivity contribution in [1.82, 2.24) is 5.32 Å². The molecule has 21 heavy (non-hydrogen) atoms. The summed E-state index contributed by atoms with van der Waals surface area (Å²) in [6.07, 6.45) is 3.34. The maximum atomic E-state index is 11.8. The van der Waals surface area contributed by atoms with Crippen LogP contribution in [0.4, 0.5) is 0 Å². The smallest absolute Gasteiger partial charge is 0.303 e. The van der Waals surface area contributed by atoms with Gasteiger partial charge in [-0.25, -0.2) is 0 Å². The number of aliphatic carboxylic acids is 1. The second-order valence-corrected chi connectivity index (χ2v) is 5.34. The third-order valence-corrected chi connectivity index (χ3v) is 2.87. The summed E-state index contributed by atoms with van der Waals surface area (Å²) in [5, 5.41) is 20.2. The first kappa shape index (κ1) is 16.4. The summed E-state index contributed by atoms with van der Waals surface area (Å²) in [5.74, 6) is -1.19. The molecule has 0 atom stereocenters. The Balaban J connectivity index is 2.62. The van der Waals surface area contributed by atoms with Crippen LogP contribution in [-0.4, -0.2) is 22.5 Å². The van der Waals surface area contributed by atoms with E-state index >= 15 is 0 Å². The SMILES string of the molecule is CC(C)(CCC(=O)O)NC(=O)C=Cc1cccc(C#N)c1. The summed E-state index contributed by atoms with van der Waals surface area (Å²) >= 11 is 0. The largest absolute Gasteiger partial charge is 0.481 e. The minimum absolute atomic E-state index is 0.00120. The van der Waals surface area contributed by atoms with Crippen LogP contribution < -0.4 is 5.32 Å². The van der Waals surface area contributed by atoms with Crippen LogP contribution in [0, 0.1) is 11.3 Å². The summed E-state index contributed by atoms with van der Waals surface area (Å²) in [4.78, 5) is 22.4. The molecule has 0 heterocycles. The lowest BCUT2D eigenvalue weighted by molar-refractivity contribution is -0.137. The molecule has 0 aliphatic heterocycles. The Labute approximate surface area is 123 Å². The molecule has 5 heteroatoms. The van der Waals surface area contributed by atoms with Gasteiger partial charge in [0.15, 0.2) is 0 Å². The van der Waals surface area contributed by atoms with E-state index in [4.69, 9.17) is 10.4 Å². The number of carboxylic acids is 1. The van der Waals surface area contributed by atoms with Crippen LogP contribution in [-0.2, 0) is 9.59 Å². The summed E-state index contributed by atoms with van der Waals surface area (Å²) < 4.78 is 0. The van der Waals surface area contributed by atoms with Gasteiger partial charge in [-0.1, -0.05) is 12.1 Å². The van der Waals surface area contributed by atoms with Gasteiger partial charge in [-0.2, -0.15) is 5.26 Å². The number of hydrogen-bond acceptors (Lipinski definition) is 3. The zero-order valence-electron chi connectivity index (χ0n) is 12.1. The molecule has 0 unspecified atom stereocenters. The van der Waals surface area contributed by atoms with E-state index in [1.54, 1.807) is 44.2 Å². The van der Waals surface area contributed by atoms with Crippen molar-refractivity contribution in [2.24, 2.45) is 0 Å². The van der Waals surface area contributed by atoms with Gasteiger partial charge in [-0.15, -0.1) is 0 Å². The molecule has 0 aliphatic carbocycles. The third-order valence-electron chi connectivity index (χ3n) is 2.87. The molecule has 0 saturated heterocycles. The van der Waals surface area contributed by atoms with E-state index < -0.39 is 11.5 Å². The number of nitrogens with one attached hydrogen (secondary N) is 1. The van der Waals surface area contributed by atoms with Crippen molar-refractivity contribution in [1.29, 1.82) is 5.26 Å². The van der Waals surface area contributed by atoms with Crippen molar-refractivity contribution in [2.75, 3.05) is 0 Å². The van der Waals surface area contributed by atoms with E-state index in [2.05, 4.69) is 5.32 Å². The Morgan fingerprint density at radius 2 is 2.14 bits per heavy atom. The highest BCUT2D eigenvalue weighted by Crippen LogP contribution is 2.11. The van der Waals surface area contributed by atoms with Gasteiger partial charge in [0, 0.05) is 18.0 Å². The monoisotopic (exact) mass is 286 g/mol. The summed E-state index contributed by atoms with van der Waals surface area (Å²) in [6.45, 7) is 3.55. The molecule has 1 aromatic rings. The molecule has 0 aliphatic rings. The van der Waals surface area contributed by atoms with E-state index in [-0.39, 0.29) is 12.3 Å². The number of hydrogen-bond donors (Lipinski definition) is 2. The molecular formula is C16H18N2O3. The maximum absolute atomic E-state index is 11.8. The number of nitriles is 1. The van der Waals surface area contributed by atoms with E-state index in [1.807, 2.05) is 6.07 Å². The number of carbonyl (C=O) groups is 2. The first-order valence-electron chi connectivity index (χ1n) is 6.54. The van der Waals surface area contributed by atoms with Gasteiger partial charge in [-0.05, 0) is 44.0 Å². The number of carbonyl (C=O) groups excluding carboxylic acids is 1. The van der Waals surface area contributed by atoms with E-state index in [0.29, 0.717) is 12.0 Å². The zero-order chi connectivity index (χ0) is 15.9. The quantitative estimate of drug-likeness (QED) is 0.785. The summed E-state index contributed by atoms with van der Waals surface area (Å²) in [7, 11) is 0. The highest BCUT2D eigenvalue weighted by molar-refractivity contribution is 5.92. The minimum Gasteiger partial charge on any atom is -0.481 e. The average molecular weight is 286 g/mol. The molecular weight excluding hydrogens is 268 g/mol. The van der Waals surface area contributed by atoms with Crippen molar-refractivity contribution >= 4 is 18.0 Å². The van der Waals surface area contributed by atoms with E-state index in [9.17, 15) is 9.59 Å². The Kier molecular flexibility index (Phi) is 5.67. The van der Waals surface area contributed by atoms with Crippen LogP contribution in [0.1, 0.15) is 37.8 Å². The Bertz CT molecular complexity index is 598. The minimum atomic E-state index is -0.888. The van der Waals surface area contributed by atoms with Crippen molar-refractivity contribution in [3.05, 3.63) is 41.5 Å². The Hall–Kier alpha value is -2.61. The second kappa shape index (κ2) is 7.25. The first-order valence-corrected chi connectivity index (χ1v) is 6.54. The lowest BCUT2D eigenvalue weighted by Gasteiger charge is -2.24. The predicted octanol–water partition coefficient (Wildman–Crippen LogP) is 2.33. The number of rotatable bonds is 6. The first-order chi connectivity index (χ1) is 9.82. The molecule has 0 aromatic heterocycles. The van der Waals surface area contributed by atoms with Gasteiger partial charge in [0.2, 0.25) is 5.91 Å². The van der Waals surface area contributed by atoms with Gasteiger partial charge in [0.25, 0.3) is 0 Å². The molecule has 0 bridgehead atoms. The van der Waals surface area contributed by atoms with Gasteiger partial charge in [0.05, 0.1) is 11.6 Å². The van der Waals surface area contributed by atoms with Crippen LogP contribution in [0.25, 0.3) is 6.08 Å². The number of nitrogens with zero attached hydrogens (tertiary/aromatic N) is 1. The molecule has 110 valence electrons. The third kappa shape index (κ3) is 6.39. The van der Waals surface area contributed by atoms with Crippen molar-refractivity contribution in [3.63, 3.8) is 0 Å². The molecule has 0 radical (unpaired) electrons. The number of carboxylic acid groups (broad SMARTS) is 1. The normalized spacial score (nSPS) is 11.1. The molecule has 1 amide bonds. The average Bonchev–Trinajstić information content (AvgIpc) is 2.43. The highest BCUT2D eigenvalue weighted by Gasteiger charge is 2.20. The maximum Gasteiger partial charge on any atom is 0.303 e. The van der Waals surface area contributed by atoms with Crippen molar-refractivity contribution < 1.29 is 14.7 Å². The molecule has 1 rings (SSSR count). The summed E-state index contributed by atoms with van der Waals surface area (Å²) in [5.41, 5.74) is 0.695. The van der Waals surface area contributed by atoms with Crippen LogP contribution >= 0.6 is 0 Å². The second-order valence-electron chi connectivity index (χ2n) is 5.34. The van der Waals surface area contributed by atoms with Gasteiger partial charge in [0.1, 0.15) is 0 Å². The number of amides is 1. The fourth-order valence-corrected chi connectivity index (χ4v) is 1.74. The lowest BCUT2D eigenvalue weighted by atomic mass is 9.98. The predicted molar refractivity (Wildman–Crippen MR) is 79.3 cm³/mol. The van der Waals surface area contributed by atoms with Crippen LogP contribution in [0.2, 0.25) is 0 Å². The Morgan fingerprint density at radius 1 is 1.43 bits per heavy atom. The molecule has 2 N–H and O–H groups in total. The fraction of sp³-hybridized carbons (Fsp3) is 0.312. The zero-order valence-corrected chi connectivity index (χ0v) is 12.1. The molecule has 0 spiro atoms. The lowest BCUT2D eigenvalue weighted by Crippen LogP contribution is -2.42. The number of benzene rings is 1. The van der Waals surface area contributed by atoms with E-state index in [1.165, 1.54) is 6.08 Å². The van der Waals surface area contributed by atoms with Crippen LogP contribution in [0.3, 0.4) is 0 Å². The van der Waals surface area contributed by atoms with Crippen LogP contribution in [0.15, 0.2) is 30.3 Å². The van der Waals surface area contributed by atoms with Crippen molar-refractivity contribution in [2.45, 2.75) is 32.2 Å². The summed E-state index contributed by atoms with van der Waals surface area (Å²) in [6, 6.07) is 8.93. The van der Waals surface area contributed by atoms with Crippen molar-refractivity contribution in [3.8, 4) is 6.07 Å². The van der Waals surface area contributed by atoms with Gasteiger partial charge in [-0.3, -0.25) is 9.59 Å². The standard InChI is InChI=1S/C16H18N2O3/c1-16(2,9-8-15(20)21)18-14(19)7-6-12-4-3-5-13(10-12)11-17/h3-7,10H,8-9H2,1-2H3,(H,18,19)(H,20,21).